The predicted octanol–water partition coefficient (Wildman–Crippen LogP) is 3.30. The van der Waals surface area contributed by atoms with Gasteiger partial charge in [0.05, 0.1) is 11.7 Å². The molecule has 0 spiro atoms. The van der Waals surface area contributed by atoms with E-state index in [1.807, 2.05) is 0 Å². The second kappa shape index (κ2) is 11.0. The molecule has 2 aliphatic rings. The zero-order valence-corrected chi connectivity index (χ0v) is 19.3. The number of hydrogen-bond donors (Lipinski definition) is 2. The summed E-state index contributed by atoms with van der Waals surface area (Å²) in [5, 5.41) is 6.51. The molecule has 7 nitrogen and oxygen atoms in total. The van der Waals surface area contributed by atoms with Gasteiger partial charge in [0.15, 0.2) is 0 Å². The SMILES string of the molecule is CO[C@@H]1CN(C)C(=O)c2ccc(NC(=O)C3CCCCC3)cc2OC[C@@H](C)NC[C@@H]1C. The van der Waals surface area contributed by atoms with Crippen LogP contribution in [0.5, 0.6) is 5.75 Å². The summed E-state index contributed by atoms with van der Waals surface area (Å²) in [6.07, 6.45) is 5.25. The maximum absolute atomic E-state index is 13.2. The number of anilines is 1. The first-order valence-corrected chi connectivity index (χ1v) is 11.5. The normalized spacial score (nSPS) is 26.3. The van der Waals surface area contributed by atoms with Crippen molar-refractivity contribution in [1.82, 2.24) is 10.2 Å². The zero-order valence-electron chi connectivity index (χ0n) is 19.3. The Morgan fingerprint density at radius 1 is 1.23 bits per heavy atom. The summed E-state index contributed by atoms with van der Waals surface area (Å²) in [5.74, 6) is 0.757. The number of nitrogens with one attached hydrogen (secondary N) is 2. The molecule has 1 aliphatic carbocycles. The third kappa shape index (κ3) is 6.20. The fourth-order valence-corrected chi connectivity index (χ4v) is 4.34. The molecule has 0 aromatic heterocycles. The number of likely N-dealkylation sites (N-methyl/N-ethyl adjacent to an activating group) is 1. The van der Waals surface area contributed by atoms with Gasteiger partial charge < -0.3 is 25.0 Å². The summed E-state index contributed by atoms with van der Waals surface area (Å²) in [5.41, 5.74) is 1.16. The van der Waals surface area contributed by atoms with Crippen LogP contribution in [-0.2, 0) is 9.53 Å². The zero-order chi connectivity index (χ0) is 22.4. The van der Waals surface area contributed by atoms with Crippen molar-refractivity contribution < 1.29 is 19.1 Å². The number of rotatable bonds is 3. The van der Waals surface area contributed by atoms with Crippen LogP contribution in [0.1, 0.15) is 56.3 Å². The first-order chi connectivity index (χ1) is 14.9. The molecule has 0 radical (unpaired) electrons. The first kappa shape index (κ1) is 23.5. The van der Waals surface area contributed by atoms with Gasteiger partial charge in [-0.3, -0.25) is 9.59 Å². The summed E-state index contributed by atoms with van der Waals surface area (Å²) in [4.78, 5) is 27.5. The molecule has 1 aliphatic heterocycles. The van der Waals surface area contributed by atoms with Crippen molar-refractivity contribution in [2.24, 2.45) is 11.8 Å². The number of hydrogen-bond acceptors (Lipinski definition) is 5. The van der Waals surface area contributed by atoms with Crippen molar-refractivity contribution in [3.63, 3.8) is 0 Å². The van der Waals surface area contributed by atoms with Crippen LogP contribution in [0, 0.1) is 11.8 Å². The number of fused-ring (bicyclic) bond motifs is 1. The number of methoxy groups -OCH3 is 1. The summed E-state index contributed by atoms with van der Waals surface area (Å²) in [6, 6.07) is 5.43. The highest BCUT2D eigenvalue weighted by Crippen LogP contribution is 2.28. The average Bonchev–Trinajstić information content (AvgIpc) is 2.79. The standard InChI is InChI=1S/C24H37N3O4/c1-16-13-25-17(2)15-31-21-12-19(26-23(28)18-8-6-5-7-9-18)10-11-20(21)24(29)27(3)14-22(16)30-4/h10-12,16-18,22,25H,5-9,13-15H2,1-4H3,(H,26,28)/t16-,17+,22+/m0/s1. The van der Waals surface area contributed by atoms with Gasteiger partial charge in [-0.15, -0.1) is 0 Å². The van der Waals surface area contributed by atoms with E-state index in [4.69, 9.17) is 9.47 Å². The molecule has 1 saturated carbocycles. The van der Waals surface area contributed by atoms with Crippen molar-refractivity contribution in [3.8, 4) is 5.75 Å². The lowest BCUT2D eigenvalue weighted by molar-refractivity contribution is -0.120. The van der Waals surface area contributed by atoms with Crippen molar-refractivity contribution in [2.75, 3.05) is 39.2 Å². The number of benzene rings is 1. The van der Waals surface area contributed by atoms with Crippen LogP contribution in [0.4, 0.5) is 5.69 Å². The number of nitrogens with zero attached hydrogens (tertiary/aromatic N) is 1. The van der Waals surface area contributed by atoms with E-state index in [2.05, 4.69) is 24.5 Å². The second-order valence-electron chi connectivity index (χ2n) is 9.09. The van der Waals surface area contributed by atoms with Gasteiger partial charge in [0.2, 0.25) is 5.91 Å². The Hall–Kier alpha value is -2.12. The molecular formula is C24H37N3O4. The molecule has 1 aromatic rings. The minimum Gasteiger partial charge on any atom is -0.491 e. The van der Waals surface area contributed by atoms with Gasteiger partial charge in [-0.2, -0.15) is 0 Å². The fraction of sp³-hybridized carbons (Fsp3) is 0.667. The van der Waals surface area contributed by atoms with Gasteiger partial charge in [-0.05, 0) is 37.8 Å². The monoisotopic (exact) mass is 431 g/mol. The third-order valence-electron chi connectivity index (χ3n) is 6.47. The van der Waals surface area contributed by atoms with Crippen LogP contribution in [-0.4, -0.2) is 62.7 Å². The molecule has 0 bridgehead atoms. The van der Waals surface area contributed by atoms with Gasteiger partial charge in [0, 0.05) is 51.0 Å². The fourth-order valence-electron chi connectivity index (χ4n) is 4.34. The predicted molar refractivity (Wildman–Crippen MR) is 122 cm³/mol. The van der Waals surface area contributed by atoms with Crippen LogP contribution < -0.4 is 15.4 Å². The van der Waals surface area contributed by atoms with Crippen molar-refractivity contribution >= 4 is 17.5 Å². The van der Waals surface area contributed by atoms with Crippen molar-refractivity contribution in [1.29, 1.82) is 0 Å². The minimum absolute atomic E-state index is 0.0585. The van der Waals surface area contributed by atoms with Crippen LogP contribution in [0.15, 0.2) is 18.2 Å². The molecule has 0 saturated heterocycles. The Morgan fingerprint density at radius 2 is 1.97 bits per heavy atom. The minimum atomic E-state index is -0.115. The van der Waals surface area contributed by atoms with E-state index in [1.54, 1.807) is 37.3 Å². The van der Waals surface area contributed by atoms with E-state index in [9.17, 15) is 9.59 Å². The van der Waals surface area contributed by atoms with E-state index >= 15 is 0 Å². The highest BCUT2D eigenvalue weighted by atomic mass is 16.5. The average molecular weight is 432 g/mol. The highest BCUT2D eigenvalue weighted by molar-refractivity contribution is 5.98. The molecule has 1 heterocycles. The van der Waals surface area contributed by atoms with Gasteiger partial charge >= 0.3 is 0 Å². The summed E-state index contributed by atoms with van der Waals surface area (Å²) in [7, 11) is 3.47. The van der Waals surface area contributed by atoms with Gasteiger partial charge in [-0.25, -0.2) is 0 Å². The second-order valence-corrected chi connectivity index (χ2v) is 9.09. The molecule has 172 valence electrons. The van der Waals surface area contributed by atoms with Gasteiger partial charge in [-0.1, -0.05) is 26.2 Å². The maximum atomic E-state index is 13.2. The van der Waals surface area contributed by atoms with Gasteiger partial charge in [0.1, 0.15) is 12.4 Å². The highest BCUT2D eigenvalue weighted by Gasteiger charge is 2.26. The molecule has 3 atom stereocenters. The number of amides is 2. The lowest BCUT2D eigenvalue weighted by Gasteiger charge is -2.30. The molecule has 1 aromatic carbocycles. The summed E-state index contributed by atoms with van der Waals surface area (Å²) < 4.78 is 11.7. The number of carbonyl (C=O) groups is 2. The van der Waals surface area contributed by atoms with Crippen LogP contribution in [0.3, 0.4) is 0 Å². The largest absolute Gasteiger partial charge is 0.491 e. The molecule has 1 fully saturated rings. The molecule has 0 unspecified atom stereocenters. The Morgan fingerprint density at radius 3 is 2.68 bits per heavy atom. The lowest BCUT2D eigenvalue weighted by atomic mass is 9.88. The van der Waals surface area contributed by atoms with Crippen LogP contribution in [0.25, 0.3) is 0 Å². The van der Waals surface area contributed by atoms with Crippen LogP contribution >= 0.6 is 0 Å². The molecule has 31 heavy (non-hydrogen) atoms. The smallest absolute Gasteiger partial charge is 0.257 e. The van der Waals surface area contributed by atoms with Crippen LogP contribution in [0.2, 0.25) is 0 Å². The molecule has 3 rings (SSSR count). The Labute approximate surface area is 185 Å². The number of ether oxygens (including phenoxy) is 2. The topological polar surface area (TPSA) is 79.9 Å². The number of carbonyl (C=O) groups excluding carboxylic acids is 2. The lowest BCUT2D eigenvalue weighted by Crippen LogP contribution is -2.44. The van der Waals surface area contributed by atoms with Crippen molar-refractivity contribution in [3.05, 3.63) is 23.8 Å². The summed E-state index contributed by atoms with van der Waals surface area (Å²) in [6.45, 7) is 5.87. The Kier molecular flexibility index (Phi) is 8.32. The van der Waals surface area contributed by atoms with E-state index in [1.165, 1.54) is 6.42 Å². The van der Waals surface area contributed by atoms with E-state index in [0.717, 1.165) is 32.2 Å². The molecular weight excluding hydrogens is 394 g/mol. The maximum Gasteiger partial charge on any atom is 0.257 e. The van der Waals surface area contributed by atoms with Crippen molar-refractivity contribution in [2.45, 2.75) is 58.1 Å². The van der Waals surface area contributed by atoms with Gasteiger partial charge in [0.25, 0.3) is 5.91 Å². The van der Waals surface area contributed by atoms with E-state index in [0.29, 0.717) is 30.2 Å². The molecule has 2 amide bonds. The third-order valence-corrected chi connectivity index (χ3v) is 6.47. The van der Waals surface area contributed by atoms with E-state index in [-0.39, 0.29) is 35.8 Å². The Bertz CT molecular complexity index is 763. The quantitative estimate of drug-likeness (QED) is 0.768. The summed E-state index contributed by atoms with van der Waals surface area (Å²) >= 11 is 0. The van der Waals surface area contributed by atoms with E-state index < -0.39 is 0 Å². The molecule has 7 heteroatoms. The molecule has 2 N–H and O–H groups in total. The Balaban J connectivity index is 1.81. The first-order valence-electron chi connectivity index (χ1n) is 11.5.